The molecular formula is C16H13N3O3. The molecule has 110 valence electrons. The molecule has 6 nitrogen and oxygen atoms in total. The second-order valence-corrected chi connectivity index (χ2v) is 5.08. The summed E-state index contributed by atoms with van der Waals surface area (Å²) in [6.07, 6.45) is 1.58. The third-order valence-electron chi connectivity index (χ3n) is 3.69. The molecular weight excluding hydrogens is 282 g/mol. The van der Waals surface area contributed by atoms with Crippen LogP contribution in [-0.2, 0) is 13.6 Å². The number of hydrogen-bond acceptors (Lipinski definition) is 4. The maximum Gasteiger partial charge on any atom is 0.329 e. The van der Waals surface area contributed by atoms with E-state index in [0.717, 1.165) is 11.0 Å². The number of benzene rings is 1. The highest BCUT2D eigenvalue weighted by Gasteiger charge is 2.14. The normalized spacial score (nSPS) is 11.3. The van der Waals surface area contributed by atoms with E-state index in [1.54, 1.807) is 40.6 Å². The highest BCUT2D eigenvalue weighted by molar-refractivity contribution is 5.75. The molecule has 0 fully saturated rings. The minimum absolute atomic E-state index is 0.0799. The fourth-order valence-corrected chi connectivity index (χ4v) is 2.60. The van der Waals surface area contributed by atoms with Crippen LogP contribution in [0.15, 0.2) is 62.5 Å². The van der Waals surface area contributed by atoms with Crippen LogP contribution in [0.5, 0.6) is 0 Å². The van der Waals surface area contributed by atoms with Crippen molar-refractivity contribution in [3.05, 3.63) is 64.9 Å². The average molecular weight is 295 g/mol. The number of aryl methyl sites for hydroxylation is 1. The number of imidazole rings is 1. The molecule has 4 rings (SSSR count). The fourth-order valence-electron chi connectivity index (χ4n) is 2.60. The molecule has 0 radical (unpaired) electrons. The minimum atomic E-state index is -0.0799. The number of fused-ring (bicyclic) bond motifs is 1. The van der Waals surface area contributed by atoms with Gasteiger partial charge in [-0.2, -0.15) is 0 Å². The zero-order chi connectivity index (χ0) is 15.1. The van der Waals surface area contributed by atoms with Gasteiger partial charge < -0.3 is 8.94 Å². The van der Waals surface area contributed by atoms with Crippen molar-refractivity contribution in [1.82, 2.24) is 14.3 Å². The fraction of sp³-hybridized carbons (Fsp3) is 0.125. The highest BCUT2D eigenvalue weighted by atomic mass is 16.5. The first-order valence-corrected chi connectivity index (χ1v) is 6.88. The summed E-state index contributed by atoms with van der Waals surface area (Å²) in [4.78, 5) is 12.4. The Morgan fingerprint density at radius 1 is 1.09 bits per heavy atom. The Kier molecular flexibility index (Phi) is 2.75. The lowest BCUT2D eigenvalue weighted by Crippen LogP contribution is -2.22. The molecule has 0 aliphatic carbocycles. The van der Waals surface area contributed by atoms with E-state index in [2.05, 4.69) is 5.16 Å². The predicted octanol–water partition coefficient (Wildman–Crippen LogP) is 2.64. The minimum Gasteiger partial charge on any atom is -0.461 e. The lowest BCUT2D eigenvalue weighted by atomic mass is 10.3. The van der Waals surface area contributed by atoms with Gasteiger partial charge in [-0.25, -0.2) is 4.79 Å². The number of aromatic nitrogens is 3. The molecule has 4 aromatic rings. The number of rotatable bonds is 3. The molecule has 3 aromatic heterocycles. The van der Waals surface area contributed by atoms with Gasteiger partial charge in [-0.15, -0.1) is 0 Å². The van der Waals surface area contributed by atoms with E-state index >= 15 is 0 Å². The van der Waals surface area contributed by atoms with E-state index in [9.17, 15) is 4.79 Å². The lowest BCUT2D eigenvalue weighted by Gasteiger charge is -1.98. The second-order valence-electron chi connectivity index (χ2n) is 5.08. The summed E-state index contributed by atoms with van der Waals surface area (Å²) in [7, 11) is 1.76. The first-order chi connectivity index (χ1) is 10.7. The molecule has 3 heterocycles. The maximum atomic E-state index is 12.4. The summed E-state index contributed by atoms with van der Waals surface area (Å²) in [6.45, 7) is 0.352. The van der Waals surface area contributed by atoms with Gasteiger partial charge in [-0.05, 0) is 24.3 Å². The largest absolute Gasteiger partial charge is 0.461 e. The van der Waals surface area contributed by atoms with E-state index in [0.29, 0.717) is 23.8 Å². The monoisotopic (exact) mass is 295 g/mol. The second kappa shape index (κ2) is 4.77. The van der Waals surface area contributed by atoms with Crippen molar-refractivity contribution in [1.29, 1.82) is 0 Å². The van der Waals surface area contributed by atoms with Crippen molar-refractivity contribution in [3.63, 3.8) is 0 Å². The molecule has 0 aliphatic heterocycles. The number of furan rings is 1. The van der Waals surface area contributed by atoms with Crippen LogP contribution in [0, 0.1) is 0 Å². The Balaban J connectivity index is 1.76. The number of nitrogens with zero attached hydrogens (tertiary/aromatic N) is 3. The van der Waals surface area contributed by atoms with Crippen LogP contribution < -0.4 is 5.69 Å². The molecule has 22 heavy (non-hydrogen) atoms. The first kappa shape index (κ1) is 12.7. The van der Waals surface area contributed by atoms with Gasteiger partial charge in [0.1, 0.15) is 5.69 Å². The third-order valence-corrected chi connectivity index (χ3v) is 3.69. The molecule has 1 aromatic carbocycles. The molecule has 0 aliphatic rings. The van der Waals surface area contributed by atoms with E-state index in [1.165, 1.54) is 0 Å². The summed E-state index contributed by atoms with van der Waals surface area (Å²) < 4.78 is 13.9. The third kappa shape index (κ3) is 1.88. The summed E-state index contributed by atoms with van der Waals surface area (Å²) in [5.41, 5.74) is 2.36. The van der Waals surface area contributed by atoms with Gasteiger partial charge in [0.2, 0.25) is 5.76 Å². The lowest BCUT2D eigenvalue weighted by molar-refractivity contribution is 0.408. The SMILES string of the molecule is Cn1c(=O)n(Cc2cc(-c3ccco3)on2)c2ccccc21. The smallest absolute Gasteiger partial charge is 0.329 e. The van der Waals surface area contributed by atoms with Crippen LogP contribution in [0.1, 0.15) is 5.69 Å². The van der Waals surface area contributed by atoms with Crippen molar-refractivity contribution >= 4 is 11.0 Å². The van der Waals surface area contributed by atoms with Crippen LogP contribution in [0.3, 0.4) is 0 Å². The van der Waals surface area contributed by atoms with E-state index in [1.807, 2.05) is 24.3 Å². The van der Waals surface area contributed by atoms with Gasteiger partial charge in [-0.1, -0.05) is 17.3 Å². The molecule has 0 saturated carbocycles. The average Bonchev–Trinajstić information content (AvgIpc) is 3.25. The van der Waals surface area contributed by atoms with Crippen molar-refractivity contribution in [2.45, 2.75) is 6.54 Å². The Bertz CT molecular complexity index is 989. The van der Waals surface area contributed by atoms with Gasteiger partial charge in [0, 0.05) is 13.1 Å². The number of para-hydroxylation sites is 2. The highest BCUT2D eigenvalue weighted by Crippen LogP contribution is 2.21. The topological polar surface area (TPSA) is 66.1 Å². The van der Waals surface area contributed by atoms with E-state index < -0.39 is 0 Å². The molecule has 0 atom stereocenters. The Morgan fingerprint density at radius 3 is 2.68 bits per heavy atom. The zero-order valence-corrected chi connectivity index (χ0v) is 11.9. The van der Waals surface area contributed by atoms with Gasteiger partial charge in [0.15, 0.2) is 5.76 Å². The Morgan fingerprint density at radius 2 is 1.91 bits per heavy atom. The van der Waals surface area contributed by atoms with Crippen molar-refractivity contribution in [3.8, 4) is 11.5 Å². The van der Waals surface area contributed by atoms with Crippen LogP contribution in [-0.4, -0.2) is 14.3 Å². The summed E-state index contributed by atoms with van der Waals surface area (Å²) in [5, 5.41) is 4.02. The van der Waals surface area contributed by atoms with Crippen LogP contribution in [0.25, 0.3) is 22.6 Å². The zero-order valence-electron chi connectivity index (χ0n) is 11.9. The predicted molar refractivity (Wildman–Crippen MR) is 80.5 cm³/mol. The van der Waals surface area contributed by atoms with Crippen molar-refractivity contribution in [2.24, 2.45) is 7.05 Å². The van der Waals surface area contributed by atoms with Gasteiger partial charge in [-0.3, -0.25) is 9.13 Å². The molecule has 0 unspecified atom stereocenters. The molecule has 0 amide bonds. The summed E-state index contributed by atoms with van der Waals surface area (Å²) in [5.74, 6) is 1.16. The van der Waals surface area contributed by atoms with Crippen molar-refractivity contribution in [2.75, 3.05) is 0 Å². The Hall–Kier alpha value is -3.02. The molecule has 6 heteroatoms. The summed E-state index contributed by atoms with van der Waals surface area (Å²) >= 11 is 0. The molecule has 0 bridgehead atoms. The van der Waals surface area contributed by atoms with Gasteiger partial charge in [0.05, 0.1) is 23.8 Å². The van der Waals surface area contributed by atoms with E-state index in [4.69, 9.17) is 8.94 Å². The van der Waals surface area contributed by atoms with Crippen LogP contribution >= 0.6 is 0 Å². The van der Waals surface area contributed by atoms with Crippen LogP contribution in [0.4, 0.5) is 0 Å². The molecule has 0 spiro atoms. The number of hydrogen-bond donors (Lipinski definition) is 0. The molecule has 0 N–H and O–H groups in total. The van der Waals surface area contributed by atoms with Crippen molar-refractivity contribution < 1.29 is 8.94 Å². The maximum absolute atomic E-state index is 12.4. The molecule has 0 saturated heterocycles. The van der Waals surface area contributed by atoms with Gasteiger partial charge in [0.25, 0.3) is 0 Å². The Labute approximate surface area is 125 Å². The van der Waals surface area contributed by atoms with E-state index in [-0.39, 0.29) is 5.69 Å². The van der Waals surface area contributed by atoms with Gasteiger partial charge >= 0.3 is 5.69 Å². The summed E-state index contributed by atoms with van der Waals surface area (Å²) in [6, 6.07) is 13.0. The standard InChI is InChI=1S/C16H13N3O3/c1-18-12-5-2-3-6-13(12)19(16(18)20)10-11-9-15(22-17-11)14-7-4-8-21-14/h2-9H,10H2,1H3. The quantitative estimate of drug-likeness (QED) is 0.583. The first-order valence-electron chi connectivity index (χ1n) is 6.88. The van der Waals surface area contributed by atoms with Crippen LogP contribution in [0.2, 0.25) is 0 Å².